The van der Waals surface area contributed by atoms with Crippen molar-refractivity contribution in [3.8, 4) is 0 Å². The van der Waals surface area contributed by atoms with Gasteiger partial charge in [0.25, 0.3) is 0 Å². The van der Waals surface area contributed by atoms with Gasteiger partial charge in [0.05, 0.1) is 11.9 Å². The van der Waals surface area contributed by atoms with E-state index in [0.717, 1.165) is 48.2 Å². The highest BCUT2D eigenvalue weighted by Crippen LogP contribution is 2.26. The second-order valence-electron chi connectivity index (χ2n) is 10.5. The van der Waals surface area contributed by atoms with Crippen LogP contribution in [0.3, 0.4) is 0 Å². The van der Waals surface area contributed by atoms with Gasteiger partial charge in [-0.15, -0.1) is 0 Å². The summed E-state index contributed by atoms with van der Waals surface area (Å²) in [5.74, 6) is -0.458. The smallest absolute Gasteiger partial charge is 0.244 e. The lowest BCUT2D eigenvalue weighted by Gasteiger charge is -2.34. The SMILES string of the molecule is CC[C@@H](C(=O)NC1CCCCC1)N(Cc1ccc(Cl)cc1Cl)C(=O)CN(c1ccc(C(C)C)cc1)S(C)(=O)=O. The lowest BCUT2D eigenvalue weighted by Crippen LogP contribution is -2.54. The van der Waals surface area contributed by atoms with Gasteiger partial charge in [0.15, 0.2) is 0 Å². The summed E-state index contributed by atoms with van der Waals surface area (Å²) >= 11 is 12.5. The van der Waals surface area contributed by atoms with Crippen molar-refractivity contribution in [2.75, 3.05) is 17.1 Å². The normalized spacial score (nSPS) is 15.2. The molecular formula is C29H39Cl2N3O4S. The van der Waals surface area contributed by atoms with E-state index in [-0.39, 0.29) is 24.4 Å². The zero-order chi connectivity index (χ0) is 28.7. The molecule has 2 amide bonds. The largest absolute Gasteiger partial charge is 0.352 e. The number of halogens is 2. The molecule has 0 aromatic heterocycles. The topological polar surface area (TPSA) is 86.8 Å². The van der Waals surface area contributed by atoms with Crippen LogP contribution in [-0.4, -0.2) is 50.0 Å². The van der Waals surface area contributed by atoms with Crippen LogP contribution in [-0.2, 0) is 26.2 Å². The standard InChI is InChI=1S/C29H39Cl2N3O4S/c1-5-27(29(36)32-24-9-7-6-8-10-24)33(18-22-11-14-23(30)17-26(22)31)28(35)19-34(39(4,37)38)25-15-12-21(13-16-25)20(2)3/h11-17,20,24,27H,5-10,18-19H2,1-4H3,(H,32,36)/t27-/m0/s1. The number of carbonyl (C=O) groups excluding carboxylic acids is 2. The van der Waals surface area contributed by atoms with Gasteiger partial charge < -0.3 is 10.2 Å². The number of amides is 2. The van der Waals surface area contributed by atoms with Crippen molar-refractivity contribution in [1.29, 1.82) is 0 Å². The Morgan fingerprint density at radius 1 is 1.03 bits per heavy atom. The summed E-state index contributed by atoms with van der Waals surface area (Å²) in [6.45, 7) is 5.53. The van der Waals surface area contributed by atoms with Gasteiger partial charge in [-0.3, -0.25) is 13.9 Å². The maximum atomic E-state index is 13.9. The summed E-state index contributed by atoms with van der Waals surface area (Å²) in [6, 6.07) is 11.4. The van der Waals surface area contributed by atoms with Crippen molar-refractivity contribution in [3.05, 3.63) is 63.6 Å². The maximum Gasteiger partial charge on any atom is 0.244 e. The number of anilines is 1. The molecule has 1 aliphatic rings. The molecule has 0 unspecified atom stereocenters. The van der Waals surface area contributed by atoms with Crippen molar-refractivity contribution in [3.63, 3.8) is 0 Å². The molecular weight excluding hydrogens is 557 g/mol. The fourth-order valence-corrected chi connectivity index (χ4v) is 6.25. The van der Waals surface area contributed by atoms with Crippen LogP contribution >= 0.6 is 23.2 Å². The van der Waals surface area contributed by atoms with Gasteiger partial charge in [-0.25, -0.2) is 8.42 Å². The van der Waals surface area contributed by atoms with Crippen LogP contribution in [0.4, 0.5) is 5.69 Å². The van der Waals surface area contributed by atoms with E-state index in [4.69, 9.17) is 23.2 Å². The van der Waals surface area contributed by atoms with Crippen LogP contribution in [0.15, 0.2) is 42.5 Å². The molecule has 0 saturated heterocycles. The van der Waals surface area contributed by atoms with Crippen LogP contribution in [0.1, 0.15) is 76.3 Å². The van der Waals surface area contributed by atoms with Gasteiger partial charge in [0.2, 0.25) is 21.8 Å². The Balaban J connectivity index is 1.94. The van der Waals surface area contributed by atoms with Crippen LogP contribution < -0.4 is 9.62 Å². The molecule has 1 N–H and O–H groups in total. The van der Waals surface area contributed by atoms with E-state index in [2.05, 4.69) is 19.2 Å². The Kier molecular flexibility index (Phi) is 11.1. The fourth-order valence-electron chi connectivity index (χ4n) is 4.94. The zero-order valence-electron chi connectivity index (χ0n) is 23.1. The number of nitrogens with zero attached hydrogens (tertiary/aromatic N) is 2. The van der Waals surface area contributed by atoms with Gasteiger partial charge in [-0.1, -0.05) is 81.4 Å². The maximum absolute atomic E-state index is 13.9. The first-order valence-electron chi connectivity index (χ1n) is 13.5. The third kappa shape index (κ3) is 8.60. The second kappa shape index (κ2) is 13.9. The first-order valence-corrected chi connectivity index (χ1v) is 16.1. The van der Waals surface area contributed by atoms with Crippen LogP contribution in [0.2, 0.25) is 10.0 Å². The Labute approximate surface area is 242 Å². The van der Waals surface area contributed by atoms with Crippen molar-refractivity contribution in [2.24, 2.45) is 0 Å². The van der Waals surface area contributed by atoms with E-state index in [1.807, 2.05) is 19.1 Å². The summed E-state index contributed by atoms with van der Waals surface area (Å²) in [6.07, 6.45) is 6.53. The highest BCUT2D eigenvalue weighted by atomic mass is 35.5. The van der Waals surface area contributed by atoms with Crippen LogP contribution in [0, 0.1) is 0 Å². The molecule has 39 heavy (non-hydrogen) atoms. The Morgan fingerprint density at radius 3 is 2.21 bits per heavy atom. The van der Waals surface area contributed by atoms with Gasteiger partial charge in [0, 0.05) is 22.6 Å². The molecule has 3 rings (SSSR count). The summed E-state index contributed by atoms with van der Waals surface area (Å²) in [5.41, 5.74) is 2.06. The highest BCUT2D eigenvalue weighted by molar-refractivity contribution is 7.92. The van der Waals surface area contributed by atoms with E-state index in [1.165, 1.54) is 4.90 Å². The molecule has 0 heterocycles. The third-order valence-electron chi connectivity index (χ3n) is 7.22. The van der Waals surface area contributed by atoms with E-state index in [9.17, 15) is 18.0 Å². The number of benzene rings is 2. The number of hydrogen-bond donors (Lipinski definition) is 1. The minimum atomic E-state index is -3.80. The number of rotatable bonds is 11. The lowest BCUT2D eigenvalue weighted by atomic mass is 9.95. The highest BCUT2D eigenvalue weighted by Gasteiger charge is 2.33. The number of nitrogens with one attached hydrogen (secondary N) is 1. The third-order valence-corrected chi connectivity index (χ3v) is 8.95. The molecule has 7 nitrogen and oxygen atoms in total. The van der Waals surface area contributed by atoms with Gasteiger partial charge in [-0.05, 0) is 60.6 Å². The first-order chi connectivity index (χ1) is 18.4. The molecule has 1 aliphatic carbocycles. The Morgan fingerprint density at radius 2 is 1.67 bits per heavy atom. The van der Waals surface area contributed by atoms with Gasteiger partial charge in [0.1, 0.15) is 12.6 Å². The summed E-state index contributed by atoms with van der Waals surface area (Å²) < 4.78 is 26.8. The molecule has 1 atom stereocenters. The minimum Gasteiger partial charge on any atom is -0.352 e. The molecule has 0 radical (unpaired) electrons. The summed E-state index contributed by atoms with van der Waals surface area (Å²) in [5, 5.41) is 3.95. The van der Waals surface area contributed by atoms with Crippen molar-refractivity contribution >= 4 is 50.7 Å². The molecule has 0 spiro atoms. The molecule has 1 fully saturated rings. The quantitative estimate of drug-likeness (QED) is 0.338. The fraction of sp³-hybridized carbons (Fsp3) is 0.517. The van der Waals surface area contributed by atoms with E-state index in [0.29, 0.717) is 27.7 Å². The number of sulfonamides is 1. The van der Waals surface area contributed by atoms with Crippen molar-refractivity contribution < 1.29 is 18.0 Å². The molecule has 0 aliphatic heterocycles. The van der Waals surface area contributed by atoms with Crippen LogP contribution in [0.5, 0.6) is 0 Å². The molecule has 2 aromatic rings. The zero-order valence-corrected chi connectivity index (χ0v) is 25.5. The average Bonchev–Trinajstić information content (AvgIpc) is 2.88. The Bertz CT molecular complexity index is 1250. The van der Waals surface area contributed by atoms with E-state index < -0.39 is 28.5 Å². The van der Waals surface area contributed by atoms with E-state index in [1.54, 1.807) is 30.3 Å². The molecule has 10 heteroatoms. The molecule has 2 aromatic carbocycles. The molecule has 0 bridgehead atoms. The molecule has 1 saturated carbocycles. The first kappa shape index (κ1) is 31.2. The predicted molar refractivity (Wildman–Crippen MR) is 159 cm³/mol. The number of carbonyl (C=O) groups is 2. The van der Waals surface area contributed by atoms with Crippen molar-refractivity contribution in [2.45, 2.75) is 83.8 Å². The van der Waals surface area contributed by atoms with Crippen molar-refractivity contribution in [1.82, 2.24) is 10.2 Å². The summed E-state index contributed by atoms with van der Waals surface area (Å²) in [4.78, 5) is 28.8. The predicted octanol–water partition coefficient (Wildman–Crippen LogP) is 6.14. The Hall–Kier alpha value is -2.29. The second-order valence-corrected chi connectivity index (χ2v) is 13.3. The minimum absolute atomic E-state index is 0.0370. The van der Waals surface area contributed by atoms with E-state index >= 15 is 0 Å². The van der Waals surface area contributed by atoms with Crippen LogP contribution in [0.25, 0.3) is 0 Å². The monoisotopic (exact) mass is 595 g/mol. The van der Waals surface area contributed by atoms with Gasteiger partial charge in [-0.2, -0.15) is 0 Å². The molecule has 214 valence electrons. The summed E-state index contributed by atoms with van der Waals surface area (Å²) in [7, 11) is -3.80. The van der Waals surface area contributed by atoms with Gasteiger partial charge >= 0.3 is 0 Å². The number of hydrogen-bond acceptors (Lipinski definition) is 4. The average molecular weight is 597 g/mol. The lowest BCUT2D eigenvalue weighted by molar-refractivity contribution is -0.140.